The van der Waals surface area contributed by atoms with Crippen molar-refractivity contribution in [1.29, 1.82) is 0 Å². The first kappa shape index (κ1) is 16.0. The number of nitrogens with one attached hydrogen (secondary N) is 2. The van der Waals surface area contributed by atoms with Crippen LogP contribution < -0.4 is 5.32 Å². The van der Waals surface area contributed by atoms with E-state index in [9.17, 15) is 4.79 Å². The Hall–Kier alpha value is -1.88. The Morgan fingerprint density at radius 1 is 1.30 bits per heavy atom. The SMILES string of the molecule is O=C(CCc1ncn[nH]1)N[C@H](c1ccc(Cl)cc1)C1CCCC1. The molecule has 1 heterocycles. The van der Waals surface area contributed by atoms with Crippen LogP contribution in [0.2, 0.25) is 5.02 Å². The van der Waals surface area contributed by atoms with E-state index in [2.05, 4.69) is 20.5 Å². The van der Waals surface area contributed by atoms with Gasteiger partial charge in [0.25, 0.3) is 0 Å². The molecule has 6 heteroatoms. The van der Waals surface area contributed by atoms with Crippen molar-refractivity contribution < 1.29 is 4.79 Å². The maximum Gasteiger partial charge on any atom is 0.220 e. The maximum absolute atomic E-state index is 12.3. The number of halogens is 1. The largest absolute Gasteiger partial charge is 0.349 e. The third kappa shape index (κ3) is 4.32. The van der Waals surface area contributed by atoms with Gasteiger partial charge in [-0.2, -0.15) is 5.10 Å². The first-order valence-corrected chi connectivity index (χ1v) is 8.49. The summed E-state index contributed by atoms with van der Waals surface area (Å²) in [6.07, 6.45) is 7.24. The van der Waals surface area contributed by atoms with Crippen molar-refractivity contribution in [2.75, 3.05) is 0 Å². The van der Waals surface area contributed by atoms with Gasteiger partial charge in [-0.1, -0.05) is 36.6 Å². The predicted octanol–water partition coefficient (Wildman–Crippen LogP) is 3.44. The third-order valence-electron chi connectivity index (χ3n) is 4.47. The number of carbonyl (C=O) groups is 1. The molecular formula is C17H21ClN4O. The number of aromatic nitrogens is 3. The predicted molar refractivity (Wildman–Crippen MR) is 89.0 cm³/mol. The van der Waals surface area contributed by atoms with Gasteiger partial charge >= 0.3 is 0 Å². The van der Waals surface area contributed by atoms with E-state index in [4.69, 9.17) is 11.6 Å². The number of aryl methyl sites for hydroxylation is 1. The van der Waals surface area contributed by atoms with Crippen LogP contribution in [0, 0.1) is 5.92 Å². The molecule has 5 nitrogen and oxygen atoms in total. The lowest BCUT2D eigenvalue weighted by Crippen LogP contribution is -2.33. The van der Waals surface area contributed by atoms with Gasteiger partial charge in [-0.3, -0.25) is 9.89 Å². The number of carbonyl (C=O) groups excluding carboxylic acids is 1. The first-order valence-electron chi connectivity index (χ1n) is 8.11. The highest BCUT2D eigenvalue weighted by Crippen LogP contribution is 2.36. The van der Waals surface area contributed by atoms with Crippen molar-refractivity contribution in [3.63, 3.8) is 0 Å². The minimum atomic E-state index is 0.0493. The van der Waals surface area contributed by atoms with E-state index in [0.717, 1.165) is 29.3 Å². The second kappa shape index (κ2) is 7.59. The molecule has 1 saturated carbocycles. The third-order valence-corrected chi connectivity index (χ3v) is 4.72. The smallest absolute Gasteiger partial charge is 0.220 e. The molecule has 1 aliphatic rings. The highest BCUT2D eigenvalue weighted by Gasteiger charge is 2.27. The summed E-state index contributed by atoms with van der Waals surface area (Å²) in [7, 11) is 0. The van der Waals surface area contributed by atoms with Crippen LogP contribution in [-0.4, -0.2) is 21.1 Å². The molecule has 1 aliphatic carbocycles. The molecule has 0 bridgehead atoms. The van der Waals surface area contributed by atoms with Crippen molar-refractivity contribution >= 4 is 17.5 Å². The van der Waals surface area contributed by atoms with Crippen LogP contribution in [0.5, 0.6) is 0 Å². The second-order valence-electron chi connectivity index (χ2n) is 6.07. The van der Waals surface area contributed by atoms with E-state index in [1.54, 1.807) is 0 Å². The Balaban J connectivity index is 1.65. The number of amides is 1. The van der Waals surface area contributed by atoms with Gasteiger partial charge in [-0.15, -0.1) is 0 Å². The molecule has 122 valence electrons. The van der Waals surface area contributed by atoms with Crippen molar-refractivity contribution in [2.24, 2.45) is 5.92 Å². The average molecular weight is 333 g/mol. The van der Waals surface area contributed by atoms with Crippen molar-refractivity contribution in [2.45, 2.75) is 44.6 Å². The fourth-order valence-corrected chi connectivity index (χ4v) is 3.39. The molecule has 1 atom stereocenters. The number of aromatic amines is 1. The highest BCUT2D eigenvalue weighted by molar-refractivity contribution is 6.30. The van der Waals surface area contributed by atoms with Gasteiger partial charge in [0.1, 0.15) is 12.2 Å². The molecule has 1 aromatic heterocycles. The number of nitrogens with zero attached hydrogens (tertiary/aromatic N) is 2. The molecular weight excluding hydrogens is 312 g/mol. The molecule has 1 fully saturated rings. The quantitative estimate of drug-likeness (QED) is 0.851. The van der Waals surface area contributed by atoms with E-state index in [1.807, 2.05) is 24.3 Å². The van der Waals surface area contributed by atoms with Crippen LogP contribution in [0.1, 0.15) is 49.5 Å². The van der Waals surface area contributed by atoms with E-state index in [-0.39, 0.29) is 11.9 Å². The summed E-state index contributed by atoms with van der Waals surface area (Å²) in [6, 6.07) is 7.88. The average Bonchev–Trinajstić information content (AvgIpc) is 3.25. The Kier molecular flexibility index (Phi) is 5.28. The summed E-state index contributed by atoms with van der Waals surface area (Å²) < 4.78 is 0. The number of H-pyrrole nitrogens is 1. The number of hydrogen-bond donors (Lipinski definition) is 2. The van der Waals surface area contributed by atoms with Gasteiger partial charge in [0, 0.05) is 17.9 Å². The molecule has 0 spiro atoms. The van der Waals surface area contributed by atoms with E-state index >= 15 is 0 Å². The Bertz CT molecular complexity index is 621. The van der Waals surface area contributed by atoms with E-state index < -0.39 is 0 Å². The minimum absolute atomic E-state index is 0.0493. The fraction of sp³-hybridized carbons (Fsp3) is 0.471. The Labute approximate surface area is 140 Å². The minimum Gasteiger partial charge on any atom is -0.349 e. The molecule has 0 saturated heterocycles. The van der Waals surface area contributed by atoms with Gasteiger partial charge < -0.3 is 5.32 Å². The molecule has 1 aromatic carbocycles. The number of benzene rings is 1. The Morgan fingerprint density at radius 3 is 2.70 bits per heavy atom. The van der Waals surface area contributed by atoms with Crippen LogP contribution in [0.3, 0.4) is 0 Å². The summed E-state index contributed by atoms with van der Waals surface area (Å²) in [5.74, 6) is 1.29. The maximum atomic E-state index is 12.3. The lowest BCUT2D eigenvalue weighted by molar-refractivity contribution is -0.122. The summed E-state index contributed by atoms with van der Waals surface area (Å²) >= 11 is 5.98. The zero-order valence-corrected chi connectivity index (χ0v) is 13.7. The Morgan fingerprint density at radius 2 is 2.04 bits per heavy atom. The monoisotopic (exact) mass is 332 g/mol. The van der Waals surface area contributed by atoms with Gasteiger partial charge in [-0.25, -0.2) is 4.98 Å². The normalized spacial score (nSPS) is 16.4. The summed E-state index contributed by atoms with van der Waals surface area (Å²) in [5, 5.41) is 10.5. The molecule has 0 aliphatic heterocycles. The highest BCUT2D eigenvalue weighted by atomic mass is 35.5. The number of rotatable bonds is 6. The molecule has 0 radical (unpaired) electrons. The van der Waals surface area contributed by atoms with Gasteiger partial charge in [0.05, 0.1) is 6.04 Å². The van der Waals surface area contributed by atoms with E-state index in [1.165, 1.54) is 19.2 Å². The van der Waals surface area contributed by atoms with Gasteiger partial charge in [0.2, 0.25) is 5.91 Å². The summed E-state index contributed by atoms with van der Waals surface area (Å²) in [6.45, 7) is 0. The molecule has 3 rings (SSSR count). The van der Waals surface area contributed by atoms with Gasteiger partial charge in [-0.05, 0) is 36.5 Å². The molecule has 0 unspecified atom stereocenters. The van der Waals surface area contributed by atoms with Crippen molar-refractivity contribution in [3.05, 3.63) is 47.0 Å². The van der Waals surface area contributed by atoms with Crippen molar-refractivity contribution in [3.8, 4) is 0 Å². The molecule has 23 heavy (non-hydrogen) atoms. The summed E-state index contributed by atoms with van der Waals surface area (Å²) in [4.78, 5) is 16.4. The van der Waals surface area contributed by atoms with E-state index in [0.29, 0.717) is 18.8 Å². The molecule has 2 N–H and O–H groups in total. The lowest BCUT2D eigenvalue weighted by Gasteiger charge is -2.25. The van der Waals surface area contributed by atoms with Gasteiger partial charge in [0.15, 0.2) is 0 Å². The standard InChI is InChI=1S/C17H21ClN4O/c18-14-7-5-13(6-8-14)17(12-3-1-2-4-12)21-16(23)10-9-15-19-11-20-22-15/h5-8,11-12,17H,1-4,9-10H2,(H,21,23)(H,19,20,22)/t17-/m0/s1. The molecule has 1 amide bonds. The van der Waals surface area contributed by atoms with Crippen LogP contribution in [0.25, 0.3) is 0 Å². The zero-order chi connectivity index (χ0) is 16.1. The topological polar surface area (TPSA) is 70.7 Å². The fourth-order valence-electron chi connectivity index (χ4n) is 3.26. The first-order chi connectivity index (χ1) is 11.2. The lowest BCUT2D eigenvalue weighted by atomic mass is 9.91. The van der Waals surface area contributed by atoms with Crippen LogP contribution in [0.4, 0.5) is 0 Å². The van der Waals surface area contributed by atoms with Crippen LogP contribution in [0.15, 0.2) is 30.6 Å². The second-order valence-corrected chi connectivity index (χ2v) is 6.51. The van der Waals surface area contributed by atoms with Crippen LogP contribution in [-0.2, 0) is 11.2 Å². The molecule has 2 aromatic rings. The van der Waals surface area contributed by atoms with Crippen LogP contribution >= 0.6 is 11.6 Å². The van der Waals surface area contributed by atoms with Crippen molar-refractivity contribution in [1.82, 2.24) is 20.5 Å². The summed E-state index contributed by atoms with van der Waals surface area (Å²) in [5.41, 5.74) is 1.13. The zero-order valence-electron chi connectivity index (χ0n) is 13.0. The number of hydrogen-bond acceptors (Lipinski definition) is 3.